The lowest BCUT2D eigenvalue weighted by molar-refractivity contribution is 0.0937. The Balaban J connectivity index is 2.87. The summed E-state index contributed by atoms with van der Waals surface area (Å²) in [5.41, 5.74) is 0.191. The van der Waals surface area contributed by atoms with Crippen LogP contribution in [-0.2, 0) is 9.84 Å². The molecular formula is C15H22ClNO3S. The molecule has 0 aliphatic rings. The van der Waals surface area contributed by atoms with Gasteiger partial charge in [-0.15, -0.1) is 0 Å². The normalized spacial score (nSPS) is 13.2. The summed E-state index contributed by atoms with van der Waals surface area (Å²) in [5.74, 6) is 0.225. The zero-order chi connectivity index (χ0) is 16.2. The monoisotopic (exact) mass is 331 g/mol. The number of amides is 1. The van der Waals surface area contributed by atoms with Crippen molar-refractivity contribution in [2.75, 3.05) is 6.26 Å². The van der Waals surface area contributed by atoms with E-state index in [2.05, 4.69) is 19.2 Å². The molecule has 1 atom stereocenters. The van der Waals surface area contributed by atoms with E-state index in [0.717, 1.165) is 19.1 Å². The molecule has 0 heterocycles. The summed E-state index contributed by atoms with van der Waals surface area (Å²) in [6.45, 7) is 6.18. The van der Waals surface area contributed by atoms with Crippen LogP contribution in [0.25, 0.3) is 0 Å². The molecule has 0 saturated heterocycles. The van der Waals surface area contributed by atoms with Crippen molar-refractivity contribution in [3.8, 4) is 0 Å². The molecular weight excluding hydrogens is 310 g/mol. The van der Waals surface area contributed by atoms with Crippen molar-refractivity contribution in [1.29, 1.82) is 0 Å². The van der Waals surface area contributed by atoms with Crippen LogP contribution < -0.4 is 5.32 Å². The highest BCUT2D eigenvalue weighted by atomic mass is 35.5. The Morgan fingerprint density at radius 3 is 2.38 bits per heavy atom. The van der Waals surface area contributed by atoms with Crippen LogP contribution in [0.3, 0.4) is 0 Å². The van der Waals surface area contributed by atoms with Gasteiger partial charge in [0.1, 0.15) is 0 Å². The molecule has 4 nitrogen and oxygen atoms in total. The highest BCUT2D eigenvalue weighted by Crippen LogP contribution is 2.21. The van der Waals surface area contributed by atoms with Crippen molar-refractivity contribution < 1.29 is 13.2 Å². The fourth-order valence-electron chi connectivity index (χ4n) is 1.87. The molecule has 6 heteroatoms. The van der Waals surface area contributed by atoms with Crippen molar-refractivity contribution in [3.63, 3.8) is 0 Å². The number of hydrogen-bond donors (Lipinski definition) is 1. The van der Waals surface area contributed by atoms with Gasteiger partial charge in [0.25, 0.3) is 5.91 Å². The van der Waals surface area contributed by atoms with Crippen LogP contribution in [-0.4, -0.2) is 26.6 Å². The fraction of sp³-hybridized carbons (Fsp3) is 0.533. The number of nitrogens with one attached hydrogen (secondary N) is 1. The molecule has 1 aromatic carbocycles. The van der Waals surface area contributed by atoms with Crippen molar-refractivity contribution in [2.24, 2.45) is 5.92 Å². The van der Waals surface area contributed by atoms with Gasteiger partial charge in [0.15, 0.2) is 9.84 Å². The van der Waals surface area contributed by atoms with Gasteiger partial charge >= 0.3 is 0 Å². The summed E-state index contributed by atoms with van der Waals surface area (Å²) < 4.78 is 23.1. The Labute approximate surface area is 131 Å². The second kappa shape index (κ2) is 7.27. The van der Waals surface area contributed by atoms with E-state index < -0.39 is 9.84 Å². The molecule has 1 aromatic rings. The quantitative estimate of drug-likeness (QED) is 0.869. The standard InChI is InChI=1S/C15H22ClNO3S/c1-10(2)5-6-11(3)17-15(18)13-9-12(21(4,19)20)7-8-14(13)16/h7-11H,5-6H2,1-4H3,(H,17,18)/t11-/m0/s1. The van der Waals surface area contributed by atoms with Crippen molar-refractivity contribution >= 4 is 27.3 Å². The molecule has 0 fully saturated rings. The van der Waals surface area contributed by atoms with Gasteiger partial charge in [-0.25, -0.2) is 8.42 Å². The second-order valence-corrected chi connectivity index (χ2v) is 8.18. The molecule has 1 rings (SSSR count). The third-order valence-corrected chi connectivity index (χ3v) is 4.60. The maximum atomic E-state index is 12.2. The molecule has 0 aliphatic carbocycles. The van der Waals surface area contributed by atoms with E-state index in [1.807, 2.05) is 6.92 Å². The van der Waals surface area contributed by atoms with Crippen LogP contribution in [0, 0.1) is 5.92 Å². The van der Waals surface area contributed by atoms with Gasteiger partial charge in [0.05, 0.1) is 15.5 Å². The lowest BCUT2D eigenvalue weighted by atomic mass is 10.0. The van der Waals surface area contributed by atoms with Crippen LogP contribution >= 0.6 is 11.6 Å². The van der Waals surface area contributed by atoms with Crippen molar-refractivity contribution in [1.82, 2.24) is 5.32 Å². The van der Waals surface area contributed by atoms with Gasteiger partial charge in [0.2, 0.25) is 0 Å². The first-order chi connectivity index (χ1) is 9.61. The van der Waals surface area contributed by atoms with Crippen LogP contribution in [0.15, 0.2) is 23.1 Å². The summed E-state index contributed by atoms with van der Waals surface area (Å²) in [6, 6.07) is 4.17. The predicted octanol–water partition coefficient (Wildman–Crippen LogP) is 3.30. The molecule has 118 valence electrons. The van der Waals surface area contributed by atoms with Gasteiger partial charge in [-0.05, 0) is 43.9 Å². The molecule has 0 bridgehead atoms. The average Bonchev–Trinajstić information content (AvgIpc) is 2.35. The Kier molecular flexibility index (Phi) is 6.23. The van der Waals surface area contributed by atoms with E-state index in [0.29, 0.717) is 5.92 Å². The number of rotatable bonds is 6. The Hall–Kier alpha value is -1.07. The summed E-state index contributed by atoms with van der Waals surface area (Å²) >= 11 is 6.00. The lowest BCUT2D eigenvalue weighted by Crippen LogP contribution is -2.33. The van der Waals surface area contributed by atoms with Gasteiger partial charge in [-0.2, -0.15) is 0 Å². The van der Waals surface area contributed by atoms with Crippen LogP contribution in [0.2, 0.25) is 5.02 Å². The smallest absolute Gasteiger partial charge is 0.253 e. The van der Waals surface area contributed by atoms with Crippen LogP contribution in [0.4, 0.5) is 0 Å². The molecule has 0 radical (unpaired) electrons. The first-order valence-electron chi connectivity index (χ1n) is 6.91. The van der Waals surface area contributed by atoms with Gasteiger partial charge in [-0.1, -0.05) is 25.4 Å². The lowest BCUT2D eigenvalue weighted by Gasteiger charge is -2.16. The zero-order valence-corrected chi connectivity index (χ0v) is 14.4. The number of carbonyl (C=O) groups excluding carboxylic acids is 1. The average molecular weight is 332 g/mol. The third-order valence-electron chi connectivity index (χ3n) is 3.17. The predicted molar refractivity (Wildman–Crippen MR) is 85.6 cm³/mol. The third kappa shape index (κ3) is 5.67. The van der Waals surface area contributed by atoms with E-state index in [-0.39, 0.29) is 27.4 Å². The topological polar surface area (TPSA) is 63.2 Å². The Bertz CT molecular complexity index is 611. The molecule has 0 aromatic heterocycles. The molecule has 0 aliphatic heterocycles. The number of halogens is 1. The van der Waals surface area contributed by atoms with E-state index >= 15 is 0 Å². The van der Waals surface area contributed by atoms with Gasteiger partial charge < -0.3 is 5.32 Å². The summed E-state index contributed by atoms with van der Waals surface area (Å²) in [7, 11) is -3.36. The van der Waals surface area contributed by atoms with Gasteiger partial charge in [0, 0.05) is 12.3 Å². The summed E-state index contributed by atoms with van der Waals surface area (Å²) in [6.07, 6.45) is 2.98. The number of benzene rings is 1. The maximum Gasteiger partial charge on any atom is 0.253 e. The highest BCUT2D eigenvalue weighted by Gasteiger charge is 2.17. The van der Waals surface area contributed by atoms with E-state index in [1.165, 1.54) is 18.2 Å². The molecule has 1 N–H and O–H groups in total. The second-order valence-electron chi connectivity index (χ2n) is 5.76. The maximum absolute atomic E-state index is 12.2. The van der Waals surface area contributed by atoms with Crippen molar-refractivity contribution in [2.45, 2.75) is 44.6 Å². The number of hydrogen-bond acceptors (Lipinski definition) is 3. The van der Waals surface area contributed by atoms with E-state index in [4.69, 9.17) is 11.6 Å². The first kappa shape index (κ1) is 18.0. The molecule has 0 saturated carbocycles. The largest absolute Gasteiger partial charge is 0.350 e. The minimum absolute atomic E-state index is 0.0119. The van der Waals surface area contributed by atoms with E-state index in [1.54, 1.807) is 0 Å². The van der Waals surface area contributed by atoms with Crippen LogP contribution in [0.1, 0.15) is 44.0 Å². The highest BCUT2D eigenvalue weighted by molar-refractivity contribution is 7.90. The Morgan fingerprint density at radius 2 is 1.86 bits per heavy atom. The summed E-state index contributed by atoms with van der Waals surface area (Å²) in [4.78, 5) is 12.3. The minimum Gasteiger partial charge on any atom is -0.350 e. The zero-order valence-electron chi connectivity index (χ0n) is 12.8. The van der Waals surface area contributed by atoms with Crippen molar-refractivity contribution in [3.05, 3.63) is 28.8 Å². The number of carbonyl (C=O) groups is 1. The fourth-order valence-corrected chi connectivity index (χ4v) is 2.72. The Morgan fingerprint density at radius 1 is 1.24 bits per heavy atom. The van der Waals surface area contributed by atoms with Gasteiger partial charge in [-0.3, -0.25) is 4.79 Å². The minimum atomic E-state index is -3.36. The summed E-state index contributed by atoms with van der Waals surface area (Å²) in [5, 5.41) is 3.10. The first-order valence-corrected chi connectivity index (χ1v) is 9.18. The molecule has 21 heavy (non-hydrogen) atoms. The number of sulfone groups is 1. The van der Waals surface area contributed by atoms with E-state index in [9.17, 15) is 13.2 Å². The molecule has 1 amide bonds. The SMILES string of the molecule is CC(C)CC[C@H](C)NC(=O)c1cc(S(C)(=O)=O)ccc1Cl. The molecule has 0 unspecified atom stereocenters. The van der Waals surface area contributed by atoms with Crippen LogP contribution in [0.5, 0.6) is 0 Å². The molecule has 0 spiro atoms.